The Bertz CT molecular complexity index is 856. The molecule has 0 amide bonds. The summed E-state index contributed by atoms with van der Waals surface area (Å²) in [6, 6.07) is 7.90. The summed E-state index contributed by atoms with van der Waals surface area (Å²) in [5, 5.41) is 3.07. The summed E-state index contributed by atoms with van der Waals surface area (Å²) in [4.78, 5) is 7.01. The van der Waals surface area contributed by atoms with Gasteiger partial charge in [0.25, 0.3) is 10.2 Å². The Morgan fingerprint density at radius 2 is 1.75 bits per heavy atom. The third kappa shape index (κ3) is 4.72. The van der Waals surface area contributed by atoms with Crippen LogP contribution >= 0.6 is 11.3 Å². The van der Waals surface area contributed by atoms with Crippen LogP contribution < -0.4 is 4.74 Å². The first-order valence-electron chi connectivity index (χ1n) is 9.54. The highest BCUT2D eigenvalue weighted by Crippen LogP contribution is 2.26. The molecule has 1 saturated heterocycles. The minimum atomic E-state index is -3.34. The maximum Gasteiger partial charge on any atom is 0.282 e. The molecule has 7 nitrogen and oxygen atoms in total. The van der Waals surface area contributed by atoms with E-state index in [4.69, 9.17) is 9.72 Å². The van der Waals surface area contributed by atoms with E-state index >= 15 is 0 Å². The molecule has 28 heavy (non-hydrogen) atoms. The number of ether oxygens (including phenoxy) is 1. The normalized spacial score (nSPS) is 16.6. The number of hydrogen-bond acceptors (Lipinski definition) is 6. The number of nitrogens with zero attached hydrogens (tertiary/aromatic N) is 4. The number of methoxy groups -OCH3 is 1. The summed E-state index contributed by atoms with van der Waals surface area (Å²) in [6.07, 6.45) is 0. The van der Waals surface area contributed by atoms with E-state index in [0.717, 1.165) is 41.6 Å². The van der Waals surface area contributed by atoms with Gasteiger partial charge in [0.15, 0.2) is 0 Å². The van der Waals surface area contributed by atoms with E-state index in [1.807, 2.05) is 38.1 Å². The van der Waals surface area contributed by atoms with Gasteiger partial charge in [-0.25, -0.2) is 4.98 Å². The summed E-state index contributed by atoms with van der Waals surface area (Å²) in [5.41, 5.74) is 2.10. The topological polar surface area (TPSA) is 66.0 Å². The lowest BCUT2D eigenvalue weighted by molar-refractivity contribution is 0.174. The number of hydrogen-bond donors (Lipinski definition) is 0. The first kappa shape index (κ1) is 21.2. The second-order valence-electron chi connectivity index (χ2n) is 6.64. The van der Waals surface area contributed by atoms with Gasteiger partial charge in [-0.05, 0) is 24.3 Å². The van der Waals surface area contributed by atoms with Gasteiger partial charge in [-0.1, -0.05) is 13.8 Å². The van der Waals surface area contributed by atoms with Crippen LogP contribution in [0.25, 0.3) is 10.6 Å². The highest BCUT2D eigenvalue weighted by Gasteiger charge is 2.30. The first-order valence-corrected chi connectivity index (χ1v) is 11.8. The van der Waals surface area contributed by atoms with Crippen molar-refractivity contribution in [1.29, 1.82) is 0 Å². The molecular weight excluding hydrogens is 396 g/mol. The van der Waals surface area contributed by atoms with Crippen LogP contribution in [0.4, 0.5) is 0 Å². The predicted octanol–water partition coefficient (Wildman–Crippen LogP) is 2.52. The van der Waals surface area contributed by atoms with E-state index in [-0.39, 0.29) is 0 Å². The number of benzene rings is 1. The van der Waals surface area contributed by atoms with Crippen molar-refractivity contribution in [3.63, 3.8) is 0 Å². The van der Waals surface area contributed by atoms with Crippen molar-refractivity contribution < 1.29 is 13.2 Å². The Morgan fingerprint density at radius 3 is 2.32 bits per heavy atom. The Balaban J connectivity index is 1.57. The van der Waals surface area contributed by atoms with Crippen LogP contribution in [0.5, 0.6) is 5.75 Å². The van der Waals surface area contributed by atoms with Gasteiger partial charge in [0.1, 0.15) is 10.8 Å². The summed E-state index contributed by atoms with van der Waals surface area (Å²) < 4.78 is 33.6. The Labute approximate surface area is 171 Å². The number of thiazole rings is 1. The van der Waals surface area contributed by atoms with Crippen molar-refractivity contribution in [2.75, 3.05) is 46.4 Å². The molecule has 1 aliphatic heterocycles. The van der Waals surface area contributed by atoms with Crippen LogP contribution in [-0.4, -0.2) is 73.3 Å². The molecule has 0 unspecified atom stereocenters. The van der Waals surface area contributed by atoms with Gasteiger partial charge >= 0.3 is 0 Å². The third-order valence-corrected chi connectivity index (χ3v) is 8.09. The molecule has 2 heterocycles. The smallest absolute Gasteiger partial charge is 0.282 e. The van der Waals surface area contributed by atoms with Crippen LogP contribution in [-0.2, 0) is 16.8 Å². The number of aromatic nitrogens is 1. The van der Waals surface area contributed by atoms with Crippen molar-refractivity contribution in [2.24, 2.45) is 0 Å². The zero-order valence-electron chi connectivity index (χ0n) is 16.7. The molecule has 0 spiro atoms. The van der Waals surface area contributed by atoms with Gasteiger partial charge in [-0.3, -0.25) is 4.90 Å². The van der Waals surface area contributed by atoms with E-state index in [2.05, 4.69) is 10.3 Å². The largest absolute Gasteiger partial charge is 0.497 e. The van der Waals surface area contributed by atoms with Crippen LogP contribution in [0, 0.1) is 0 Å². The van der Waals surface area contributed by atoms with Gasteiger partial charge in [-0.2, -0.15) is 17.0 Å². The Hall–Kier alpha value is -1.52. The maximum absolute atomic E-state index is 12.6. The molecule has 1 fully saturated rings. The van der Waals surface area contributed by atoms with Crippen LogP contribution in [0.2, 0.25) is 0 Å². The average Bonchev–Trinajstić information content (AvgIpc) is 3.17. The number of rotatable bonds is 8. The quantitative estimate of drug-likeness (QED) is 0.652. The molecule has 0 N–H and O–H groups in total. The molecule has 1 aromatic heterocycles. The molecule has 3 rings (SSSR count). The lowest BCUT2D eigenvalue weighted by Crippen LogP contribution is -2.52. The highest BCUT2D eigenvalue weighted by atomic mass is 32.2. The molecule has 0 radical (unpaired) electrons. The second-order valence-corrected chi connectivity index (χ2v) is 9.43. The number of piperazine rings is 1. The van der Waals surface area contributed by atoms with Crippen molar-refractivity contribution in [3.8, 4) is 16.3 Å². The fraction of sp³-hybridized carbons (Fsp3) is 0.526. The summed E-state index contributed by atoms with van der Waals surface area (Å²) in [6.45, 7) is 7.98. The van der Waals surface area contributed by atoms with Gasteiger partial charge in [0, 0.05) is 56.8 Å². The van der Waals surface area contributed by atoms with E-state index in [1.54, 1.807) is 22.8 Å². The molecule has 154 valence electrons. The van der Waals surface area contributed by atoms with Crippen molar-refractivity contribution >= 4 is 21.5 Å². The molecule has 9 heteroatoms. The summed E-state index contributed by atoms with van der Waals surface area (Å²) >= 11 is 1.63. The maximum atomic E-state index is 12.6. The van der Waals surface area contributed by atoms with E-state index in [1.165, 1.54) is 4.31 Å². The summed E-state index contributed by atoms with van der Waals surface area (Å²) in [5.74, 6) is 0.832. The van der Waals surface area contributed by atoms with Crippen LogP contribution in [0.15, 0.2) is 29.6 Å². The van der Waals surface area contributed by atoms with E-state index < -0.39 is 10.2 Å². The fourth-order valence-electron chi connectivity index (χ4n) is 3.31. The molecule has 1 aromatic carbocycles. The zero-order chi connectivity index (χ0) is 20.1. The standard InChI is InChI=1S/C19H28N4O3S2/c1-4-22(5-2)28(24,25)23-12-10-21(11-13-23)14-17-15-27-19(20-17)16-6-8-18(26-3)9-7-16/h6-9,15H,4-5,10-14H2,1-3H3. The summed E-state index contributed by atoms with van der Waals surface area (Å²) in [7, 11) is -1.69. The second kappa shape index (κ2) is 9.32. The fourth-order valence-corrected chi connectivity index (χ4v) is 5.73. The molecule has 0 atom stereocenters. The van der Waals surface area contributed by atoms with Gasteiger partial charge in [0.05, 0.1) is 12.8 Å². The van der Waals surface area contributed by atoms with Crippen molar-refractivity contribution in [3.05, 3.63) is 35.3 Å². The third-order valence-electron chi connectivity index (χ3n) is 4.96. The zero-order valence-corrected chi connectivity index (χ0v) is 18.3. The lowest BCUT2D eigenvalue weighted by atomic mass is 10.2. The van der Waals surface area contributed by atoms with Crippen molar-refractivity contribution in [2.45, 2.75) is 20.4 Å². The Kier molecular flexibility index (Phi) is 7.05. The minimum Gasteiger partial charge on any atom is -0.497 e. The predicted molar refractivity (Wildman–Crippen MR) is 113 cm³/mol. The van der Waals surface area contributed by atoms with Gasteiger partial charge in [-0.15, -0.1) is 11.3 Å². The molecular formula is C19H28N4O3S2. The Morgan fingerprint density at radius 1 is 1.11 bits per heavy atom. The lowest BCUT2D eigenvalue weighted by Gasteiger charge is -2.36. The van der Waals surface area contributed by atoms with Crippen LogP contribution in [0.3, 0.4) is 0 Å². The van der Waals surface area contributed by atoms with Gasteiger partial charge < -0.3 is 4.74 Å². The molecule has 0 saturated carbocycles. The monoisotopic (exact) mass is 424 g/mol. The molecule has 1 aliphatic rings. The highest BCUT2D eigenvalue weighted by molar-refractivity contribution is 7.86. The average molecular weight is 425 g/mol. The van der Waals surface area contributed by atoms with Gasteiger partial charge in [0.2, 0.25) is 0 Å². The molecule has 2 aromatic rings. The van der Waals surface area contributed by atoms with Crippen molar-refractivity contribution in [1.82, 2.24) is 18.5 Å². The first-order chi connectivity index (χ1) is 13.5. The SMILES string of the molecule is CCN(CC)S(=O)(=O)N1CCN(Cc2csc(-c3ccc(OC)cc3)n2)CC1. The molecule has 0 aliphatic carbocycles. The molecule has 0 bridgehead atoms. The van der Waals surface area contributed by atoms with E-state index in [0.29, 0.717) is 26.2 Å². The van der Waals surface area contributed by atoms with E-state index in [9.17, 15) is 8.42 Å². The minimum absolute atomic E-state index is 0.506. The van der Waals surface area contributed by atoms with Crippen LogP contribution in [0.1, 0.15) is 19.5 Å².